The highest BCUT2D eigenvalue weighted by molar-refractivity contribution is 5.92. The van der Waals surface area contributed by atoms with Crippen LogP contribution in [0.3, 0.4) is 0 Å². The lowest BCUT2D eigenvalue weighted by atomic mass is 10.1. The molecule has 0 fully saturated rings. The lowest BCUT2D eigenvalue weighted by Crippen LogP contribution is -2.26. The summed E-state index contributed by atoms with van der Waals surface area (Å²) in [6, 6.07) is 16.1. The van der Waals surface area contributed by atoms with Crippen LogP contribution in [0.5, 0.6) is 0 Å². The second-order valence-corrected chi connectivity index (χ2v) is 6.95. The predicted molar refractivity (Wildman–Crippen MR) is 112 cm³/mol. The fourth-order valence-electron chi connectivity index (χ4n) is 3.58. The van der Waals surface area contributed by atoms with Crippen LogP contribution in [-0.2, 0) is 12.8 Å². The molecule has 0 aliphatic carbocycles. The monoisotopic (exact) mass is 372 g/mol. The molecule has 2 heterocycles. The first-order chi connectivity index (χ1) is 13.7. The van der Waals surface area contributed by atoms with Crippen molar-refractivity contribution in [2.24, 2.45) is 0 Å². The molecule has 0 bridgehead atoms. The number of aromatic amines is 1. The largest absolute Gasteiger partial charge is 0.361 e. The zero-order chi connectivity index (χ0) is 19.5. The number of rotatable bonds is 6. The van der Waals surface area contributed by atoms with Crippen LogP contribution in [0.4, 0.5) is 0 Å². The third kappa shape index (κ3) is 3.43. The number of hydrogen-bond donors (Lipinski definition) is 2. The Morgan fingerprint density at radius 2 is 1.96 bits per heavy atom. The van der Waals surface area contributed by atoms with E-state index in [9.17, 15) is 4.79 Å². The molecule has 4 aromatic rings. The van der Waals surface area contributed by atoms with E-state index >= 15 is 0 Å². The van der Waals surface area contributed by atoms with Crippen molar-refractivity contribution < 1.29 is 4.79 Å². The summed E-state index contributed by atoms with van der Waals surface area (Å²) < 4.78 is 1.75. The maximum atomic E-state index is 12.5. The van der Waals surface area contributed by atoms with Gasteiger partial charge in [-0.05, 0) is 48.6 Å². The summed E-state index contributed by atoms with van der Waals surface area (Å²) in [5.41, 5.74) is 6.25. The summed E-state index contributed by atoms with van der Waals surface area (Å²) in [6.45, 7) is 4.76. The van der Waals surface area contributed by atoms with Crippen molar-refractivity contribution in [2.75, 3.05) is 6.54 Å². The number of carbonyl (C=O) groups is 1. The van der Waals surface area contributed by atoms with Crippen LogP contribution in [-0.4, -0.2) is 27.2 Å². The van der Waals surface area contributed by atoms with Crippen LogP contribution in [0.1, 0.15) is 34.1 Å². The van der Waals surface area contributed by atoms with Gasteiger partial charge in [-0.15, -0.1) is 0 Å². The highest BCUT2D eigenvalue weighted by atomic mass is 16.1. The number of benzene rings is 2. The third-order valence-corrected chi connectivity index (χ3v) is 5.13. The van der Waals surface area contributed by atoms with E-state index in [2.05, 4.69) is 40.5 Å². The molecule has 5 heteroatoms. The molecule has 0 unspecified atom stereocenters. The van der Waals surface area contributed by atoms with Gasteiger partial charge in [0.15, 0.2) is 5.69 Å². The van der Waals surface area contributed by atoms with Crippen molar-refractivity contribution >= 4 is 16.8 Å². The number of H-pyrrole nitrogens is 1. The quantitative estimate of drug-likeness (QED) is 0.533. The van der Waals surface area contributed by atoms with Gasteiger partial charge in [0.2, 0.25) is 0 Å². The van der Waals surface area contributed by atoms with Crippen molar-refractivity contribution in [3.05, 3.63) is 83.3 Å². The Morgan fingerprint density at radius 1 is 1.11 bits per heavy atom. The molecule has 28 heavy (non-hydrogen) atoms. The summed E-state index contributed by atoms with van der Waals surface area (Å²) in [6.07, 6.45) is 5.64. The molecule has 0 saturated carbocycles. The zero-order valence-electron chi connectivity index (χ0n) is 16.2. The van der Waals surface area contributed by atoms with Crippen LogP contribution in [0.2, 0.25) is 0 Å². The highest BCUT2D eigenvalue weighted by Crippen LogP contribution is 2.22. The molecule has 0 aliphatic rings. The Hall–Kier alpha value is -3.34. The summed E-state index contributed by atoms with van der Waals surface area (Å²) >= 11 is 0. The number of hydrogen-bond acceptors (Lipinski definition) is 2. The zero-order valence-corrected chi connectivity index (χ0v) is 16.2. The fraction of sp³-hybridized carbons (Fsp3) is 0.217. The standard InChI is InChI=1S/C23H24N4O/c1-3-17-8-6-9-19-18(15-25-22(17)19)11-13-24-23(28)20-12-14-27(26-20)21-10-5-4-7-16(21)2/h4-10,12,14-15,25H,3,11,13H2,1-2H3,(H,24,28). The number of aromatic nitrogens is 3. The van der Waals surface area contributed by atoms with Gasteiger partial charge in [0.1, 0.15) is 0 Å². The average Bonchev–Trinajstić information content (AvgIpc) is 3.36. The van der Waals surface area contributed by atoms with Crippen LogP contribution < -0.4 is 5.32 Å². The van der Waals surface area contributed by atoms with Crippen LogP contribution in [0.15, 0.2) is 60.9 Å². The molecule has 2 N–H and O–H groups in total. The van der Waals surface area contributed by atoms with Gasteiger partial charge >= 0.3 is 0 Å². The van der Waals surface area contributed by atoms with Crippen molar-refractivity contribution in [2.45, 2.75) is 26.7 Å². The predicted octanol–water partition coefficient (Wildman–Crippen LogP) is 4.20. The van der Waals surface area contributed by atoms with Gasteiger partial charge in [-0.25, -0.2) is 4.68 Å². The minimum absolute atomic E-state index is 0.151. The average molecular weight is 372 g/mol. The molecule has 2 aromatic heterocycles. The molecular weight excluding hydrogens is 348 g/mol. The number of fused-ring (bicyclic) bond motifs is 1. The van der Waals surface area contributed by atoms with Crippen molar-refractivity contribution in [1.29, 1.82) is 0 Å². The number of aryl methyl sites for hydroxylation is 2. The number of amides is 1. The Balaban J connectivity index is 1.41. The van der Waals surface area contributed by atoms with Gasteiger partial charge in [-0.1, -0.05) is 43.3 Å². The molecule has 0 aliphatic heterocycles. The van der Waals surface area contributed by atoms with E-state index in [1.165, 1.54) is 22.0 Å². The minimum atomic E-state index is -0.151. The van der Waals surface area contributed by atoms with Crippen LogP contribution >= 0.6 is 0 Å². The molecule has 0 spiro atoms. The minimum Gasteiger partial charge on any atom is -0.361 e. The van der Waals surface area contributed by atoms with E-state index < -0.39 is 0 Å². The van der Waals surface area contributed by atoms with Gasteiger partial charge in [-0.2, -0.15) is 5.10 Å². The van der Waals surface area contributed by atoms with Crippen molar-refractivity contribution in [3.8, 4) is 5.69 Å². The molecule has 5 nitrogen and oxygen atoms in total. The Kier molecular flexibility index (Phi) is 4.98. The van der Waals surface area contributed by atoms with Crippen molar-refractivity contribution in [3.63, 3.8) is 0 Å². The number of para-hydroxylation sites is 2. The summed E-state index contributed by atoms with van der Waals surface area (Å²) in [4.78, 5) is 15.8. The molecule has 2 aromatic carbocycles. The fourth-order valence-corrected chi connectivity index (χ4v) is 3.58. The molecular formula is C23H24N4O. The van der Waals surface area contributed by atoms with E-state index in [1.54, 1.807) is 10.7 Å². The maximum Gasteiger partial charge on any atom is 0.271 e. The molecule has 4 rings (SSSR count). The van der Waals surface area contributed by atoms with Crippen LogP contribution in [0, 0.1) is 6.92 Å². The second-order valence-electron chi connectivity index (χ2n) is 6.95. The molecule has 1 amide bonds. The number of nitrogens with one attached hydrogen (secondary N) is 2. The first-order valence-corrected chi connectivity index (χ1v) is 9.65. The number of nitrogens with zero attached hydrogens (tertiary/aromatic N) is 2. The first kappa shape index (κ1) is 18.0. The summed E-state index contributed by atoms with van der Waals surface area (Å²) in [5.74, 6) is -0.151. The molecule has 0 saturated heterocycles. The SMILES string of the molecule is CCc1cccc2c(CCNC(=O)c3ccn(-c4ccccc4C)n3)c[nH]c12. The van der Waals surface area contributed by atoms with E-state index in [-0.39, 0.29) is 5.91 Å². The smallest absolute Gasteiger partial charge is 0.271 e. The van der Waals surface area contributed by atoms with E-state index in [1.807, 2.05) is 43.6 Å². The van der Waals surface area contributed by atoms with Crippen LogP contribution in [0.25, 0.3) is 16.6 Å². The highest BCUT2D eigenvalue weighted by Gasteiger charge is 2.12. The molecule has 0 atom stereocenters. The first-order valence-electron chi connectivity index (χ1n) is 9.65. The Labute approximate surface area is 164 Å². The second kappa shape index (κ2) is 7.72. The molecule has 0 radical (unpaired) electrons. The topological polar surface area (TPSA) is 62.7 Å². The van der Waals surface area contributed by atoms with Gasteiger partial charge in [-0.3, -0.25) is 4.79 Å². The van der Waals surface area contributed by atoms with E-state index in [4.69, 9.17) is 0 Å². The van der Waals surface area contributed by atoms with E-state index in [0.29, 0.717) is 12.2 Å². The lowest BCUT2D eigenvalue weighted by Gasteiger charge is -2.05. The van der Waals surface area contributed by atoms with Gasteiger partial charge in [0.05, 0.1) is 5.69 Å². The number of carbonyl (C=O) groups excluding carboxylic acids is 1. The van der Waals surface area contributed by atoms with Gasteiger partial charge in [0, 0.05) is 29.8 Å². The summed E-state index contributed by atoms with van der Waals surface area (Å²) in [7, 11) is 0. The van der Waals surface area contributed by atoms with Gasteiger partial charge in [0.25, 0.3) is 5.91 Å². The Morgan fingerprint density at radius 3 is 2.79 bits per heavy atom. The maximum absolute atomic E-state index is 12.5. The Bertz CT molecular complexity index is 1120. The summed E-state index contributed by atoms with van der Waals surface area (Å²) in [5, 5.41) is 8.64. The van der Waals surface area contributed by atoms with Crippen molar-refractivity contribution in [1.82, 2.24) is 20.1 Å². The lowest BCUT2D eigenvalue weighted by molar-refractivity contribution is 0.0948. The third-order valence-electron chi connectivity index (χ3n) is 5.13. The normalized spacial score (nSPS) is 11.1. The van der Waals surface area contributed by atoms with E-state index in [0.717, 1.165) is 24.1 Å². The molecule has 142 valence electrons. The van der Waals surface area contributed by atoms with Gasteiger partial charge < -0.3 is 10.3 Å².